The summed E-state index contributed by atoms with van der Waals surface area (Å²) in [5.74, 6) is 1.66. The van der Waals surface area contributed by atoms with Crippen LogP contribution in [0.4, 0.5) is 5.69 Å². The zero-order chi connectivity index (χ0) is 15.4. The second-order valence-electron chi connectivity index (χ2n) is 5.19. The zero-order valence-corrected chi connectivity index (χ0v) is 12.6. The molecule has 5 nitrogen and oxygen atoms in total. The molecule has 0 aliphatic rings. The number of aryl methyl sites for hydroxylation is 1. The average Bonchev–Trinajstić information content (AvgIpc) is 2.86. The van der Waals surface area contributed by atoms with Gasteiger partial charge in [-0.15, -0.1) is 0 Å². The van der Waals surface area contributed by atoms with E-state index >= 15 is 0 Å². The van der Waals surface area contributed by atoms with Crippen molar-refractivity contribution in [1.82, 2.24) is 5.32 Å². The first-order valence-electron chi connectivity index (χ1n) is 7.08. The Hall–Kier alpha value is -2.14. The quantitative estimate of drug-likeness (QED) is 0.650. The molecule has 1 N–H and O–H groups in total. The Balaban J connectivity index is 2.19. The molecule has 0 radical (unpaired) electrons. The molecule has 2 rings (SSSR count). The Morgan fingerprint density at radius 2 is 2.10 bits per heavy atom. The maximum atomic E-state index is 10.8. The lowest BCUT2D eigenvalue weighted by Crippen LogP contribution is -2.27. The number of nitro benzene ring substituents is 1. The van der Waals surface area contributed by atoms with Gasteiger partial charge < -0.3 is 9.73 Å². The minimum absolute atomic E-state index is 0.101. The van der Waals surface area contributed by atoms with Gasteiger partial charge in [-0.3, -0.25) is 10.1 Å². The summed E-state index contributed by atoms with van der Waals surface area (Å²) in [5, 5.41) is 14.1. The van der Waals surface area contributed by atoms with Gasteiger partial charge in [0.05, 0.1) is 4.92 Å². The van der Waals surface area contributed by atoms with Gasteiger partial charge in [0.2, 0.25) is 0 Å². The van der Waals surface area contributed by atoms with Gasteiger partial charge in [0, 0.05) is 30.2 Å². The van der Waals surface area contributed by atoms with E-state index in [-0.39, 0.29) is 10.6 Å². The number of hydrogen-bond acceptors (Lipinski definition) is 4. The fourth-order valence-electron chi connectivity index (χ4n) is 2.39. The van der Waals surface area contributed by atoms with E-state index in [1.54, 1.807) is 12.1 Å². The first kappa shape index (κ1) is 15.3. The minimum Gasteiger partial charge on any atom is -0.461 e. The molecule has 0 aliphatic heterocycles. The Labute approximate surface area is 124 Å². The number of likely N-dealkylation sites (N-methyl/N-ethyl adjacent to an activating group) is 1. The van der Waals surface area contributed by atoms with Gasteiger partial charge in [-0.1, -0.05) is 6.92 Å². The number of nitro groups is 1. The predicted octanol–water partition coefficient (Wildman–Crippen LogP) is 3.70. The highest BCUT2D eigenvalue weighted by Crippen LogP contribution is 2.28. The van der Waals surface area contributed by atoms with Gasteiger partial charge >= 0.3 is 0 Å². The molecule has 1 unspecified atom stereocenters. The van der Waals surface area contributed by atoms with Crippen molar-refractivity contribution in [1.29, 1.82) is 0 Å². The molecule has 21 heavy (non-hydrogen) atoms. The van der Waals surface area contributed by atoms with E-state index in [0.717, 1.165) is 35.6 Å². The van der Waals surface area contributed by atoms with E-state index in [9.17, 15) is 10.1 Å². The highest BCUT2D eigenvalue weighted by molar-refractivity contribution is 5.64. The summed E-state index contributed by atoms with van der Waals surface area (Å²) < 4.78 is 5.86. The number of nitrogens with one attached hydrogen (secondary N) is 1. The number of rotatable bonds is 6. The van der Waals surface area contributed by atoms with Crippen molar-refractivity contribution in [2.45, 2.75) is 33.2 Å². The summed E-state index contributed by atoms with van der Waals surface area (Å²) in [6, 6.07) is 9.05. The Morgan fingerprint density at radius 1 is 1.33 bits per heavy atom. The van der Waals surface area contributed by atoms with Crippen molar-refractivity contribution in [3.8, 4) is 11.3 Å². The van der Waals surface area contributed by atoms with E-state index < -0.39 is 0 Å². The Kier molecular flexibility index (Phi) is 4.75. The third-order valence-electron chi connectivity index (χ3n) is 3.41. The molecule has 5 heteroatoms. The molecular formula is C16H20N2O3. The van der Waals surface area contributed by atoms with Crippen molar-refractivity contribution in [3.63, 3.8) is 0 Å². The first-order valence-corrected chi connectivity index (χ1v) is 7.08. The molecule has 0 amide bonds. The van der Waals surface area contributed by atoms with Crippen LogP contribution in [-0.4, -0.2) is 17.5 Å². The van der Waals surface area contributed by atoms with Crippen molar-refractivity contribution < 1.29 is 9.34 Å². The fraction of sp³-hybridized carbons (Fsp3) is 0.375. The van der Waals surface area contributed by atoms with Crippen molar-refractivity contribution in [3.05, 3.63) is 51.8 Å². The smallest absolute Gasteiger partial charge is 0.269 e. The predicted molar refractivity (Wildman–Crippen MR) is 82.4 cm³/mol. The molecule has 0 fully saturated rings. The molecule has 0 saturated carbocycles. The van der Waals surface area contributed by atoms with Crippen LogP contribution < -0.4 is 5.32 Å². The minimum atomic E-state index is -0.386. The topological polar surface area (TPSA) is 68.3 Å². The first-order chi connectivity index (χ1) is 10.0. The molecule has 1 aromatic heterocycles. The Bertz CT molecular complexity index is 634. The third-order valence-corrected chi connectivity index (χ3v) is 3.41. The maximum Gasteiger partial charge on any atom is 0.269 e. The standard InChI is InChI=1S/C16H20N2O3/c1-4-17-12(3)10-14-6-8-16(21-14)15-7-5-13(18(19)20)9-11(15)2/h5-9,12,17H,4,10H2,1-3H3. The van der Waals surface area contributed by atoms with Crippen molar-refractivity contribution >= 4 is 5.69 Å². The summed E-state index contributed by atoms with van der Waals surface area (Å²) in [4.78, 5) is 10.4. The highest BCUT2D eigenvalue weighted by atomic mass is 16.6. The van der Waals surface area contributed by atoms with E-state index in [1.165, 1.54) is 6.07 Å². The van der Waals surface area contributed by atoms with Crippen LogP contribution in [0.5, 0.6) is 0 Å². The lowest BCUT2D eigenvalue weighted by Gasteiger charge is -2.09. The molecule has 1 aromatic carbocycles. The molecule has 1 atom stereocenters. The third kappa shape index (κ3) is 3.70. The summed E-state index contributed by atoms with van der Waals surface area (Å²) >= 11 is 0. The van der Waals surface area contributed by atoms with Crippen LogP contribution in [-0.2, 0) is 6.42 Å². The SMILES string of the molecule is CCNC(C)Cc1ccc(-c2ccc([N+](=O)[O-])cc2C)o1. The molecule has 0 bridgehead atoms. The molecule has 2 aromatic rings. The Morgan fingerprint density at radius 3 is 2.71 bits per heavy atom. The lowest BCUT2D eigenvalue weighted by molar-refractivity contribution is -0.384. The number of hydrogen-bond donors (Lipinski definition) is 1. The van der Waals surface area contributed by atoms with E-state index in [2.05, 4.69) is 19.2 Å². The second kappa shape index (κ2) is 6.54. The van der Waals surface area contributed by atoms with Crippen LogP contribution in [0.2, 0.25) is 0 Å². The van der Waals surface area contributed by atoms with Crippen LogP contribution in [0.1, 0.15) is 25.2 Å². The summed E-state index contributed by atoms with van der Waals surface area (Å²) in [5.41, 5.74) is 1.83. The summed E-state index contributed by atoms with van der Waals surface area (Å²) in [6.45, 7) is 6.97. The van der Waals surface area contributed by atoms with Gasteiger partial charge in [0.15, 0.2) is 0 Å². The van der Waals surface area contributed by atoms with Crippen LogP contribution in [0.3, 0.4) is 0 Å². The van der Waals surface area contributed by atoms with E-state index in [1.807, 2.05) is 19.1 Å². The normalized spacial score (nSPS) is 12.3. The number of benzene rings is 1. The average molecular weight is 288 g/mol. The van der Waals surface area contributed by atoms with Crippen LogP contribution >= 0.6 is 0 Å². The van der Waals surface area contributed by atoms with Crippen molar-refractivity contribution in [2.24, 2.45) is 0 Å². The fourth-order valence-corrected chi connectivity index (χ4v) is 2.39. The van der Waals surface area contributed by atoms with Gasteiger partial charge in [-0.05, 0) is 44.2 Å². The summed E-state index contributed by atoms with van der Waals surface area (Å²) in [7, 11) is 0. The number of nitrogens with zero attached hydrogens (tertiary/aromatic N) is 1. The van der Waals surface area contributed by atoms with Crippen LogP contribution in [0, 0.1) is 17.0 Å². The molecule has 0 aliphatic carbocycles. The maximum absolute atomic E-state index is 10.8. The molecule has 0 saturated heterocycles. The van der Waals surface area contributed by atoms with Crippen LogP contribution in [0.15, 0.2) is 34.7 Å². The van der Waals surface area contributed by atoms with E-state index in [0.29, 0.717) is 6.04 Å². The molecule has 0 spiro atoms. The van der Waals surface area contributed by atoms with Gasteiger partial charge in [0.1, 0.15) is 11.5 Å². The largest absolute Gasteiger partial charge is 0.461 e. The van der Waals surface area contributed by atoms with Gasteiger partial charge in [-0.2, -0.15) is 0 Å². The summed E-state index contributed by atoms with van der Waals surface area (Å²) in [6.07, 6.45) is 0.819. The molecular weight excluding hydrogens is 268 g/mol. The van der Waals surface area contributed by atoms with Gasteiger partial charge in [0.25, 0.3) is 5.69 Å². The van der Waals surface area contributed by atoms with E-state index in [4.69, 9.17) is 4.42 Å². The highest BCUT2D eigenvalue weighted by Gasteiger charge is 2.13. The zero-order valence-electron chi connectivity index (χ0n) is 12.6. The number of non-ortho nitro benzene ring substituents is 1. The molecule has 112 valence electrons. The van der Waals surface area contributed by atoms with Crippen LogP contribution in [0.25, 0.3) is 11.3 Å². The van der Waals surface area contributed by atoms with Gasteiger partial charge in [-0.25, -0.2) is 0 Å². The van der Waals surface area contributed by atoms with Crippen molar-refractivity contribution in [2.75, 3.05) is 6.54 Å². The second-order valence-corrected chi connectivity index (χ2v) is 5.19. The number of furan rings is 1. The lowest BCUT2D eigenvalue weighted by atomic mass is 10.1. The molecule has 1 heterocycles. The monoisotopic (exact) mass is 288 g/mol.